The fourth-order valence-corrected chi connectivity index (χ4v) is 3.79. The number of pyridine rings is 1. The molecule has 0 amide bonds. The number of aromatic nitrogens is 3. The first-order chi connectivity index (χ1) is 14.0. The van der Waals surface area contributed by atoms with Gasteiger partial charge in [0.05, 0.1) is 39.9 Å². The van der Waals surface area contributed by atoms with Crippen molar-refractivity contribution in [1.29, 1.82) is 0 Å². The summed E-state index contributed by atoms with van der Waals surface area (Å²) in [6.45, 7) is 0.0601. The predicted octanol–water partition coefficient (Wildman–Crippen LogP) is 3.59. The average molecular weight is 425 g/mol. The summed E-state index contributed by atoms with van der Waals surface area (Å²) in [5.41, 5.74) is 2.41. The van der Waals surface area contributed by atoms with Gasteiger partial charge in [0, 0.05) is 38.0 Å². The molecule has 0 aliphatic carbocycles. The number of hydrogen-bond donors (Lipinski definition) is 1. The van der Waals surface area contributed by atoms with Crippen molar-refractivity contribution in [3.05, 3.63) is 41.7 Å². The Bertz CT molecular complexity index is 997. The molecular weight excluding hydrogens is 404 g/mol. The second-order valence-electron chi connectivity index (χ2n) is 6.16. The number of benzene rings is 1. The monoisotopic (exact) mass is 425 g/mol. The molecule has 29 heavy (non-hydrogen) atoms. The van der Waals surface area contributed by atoms with E-state index >= 15 is 0 Å². The number of nitrogens with one attached hydrogen (secondary N) is 1. The van der Waals surface area contributed by atoms with E-state index in [2.05, 4.69) is 19.7 Å². The highest BCUT2D eigenvalue weighted by molar-refractivity contribution is 7.84. The largest absolute Gasteiger partial charge is 0.493 e. The Morgan fingerprint density at radius 3 is 2.83 bits per heavy atom. The van der Waals surface area contributed by atoms with E-state index in [4.69, 9.17) is 9.47 Å². The second kappa shape index (κ2) is 9.75. The number of ether oxygens (including phenoxy) is 3. The Labute approximate surface area is 168 Å². The molecule has 3 aromatic rings. The zero-order valence-electron chi connectivity index (χ0n) is 16.0. The molecule has 0 unspecified atom stereocenters. The fourth-order valence-electron chi connectivity index (χ4n) is 2.69. The molecule has 0 saturated heterocycles. The number of halogens is 2. The van der Waals surface area contributed by atoms with E-state index in [1.54, 1.807) is 19.4 Å². The van der Waals surface area contributed by atoms with Crippen molar-refractivity contribution >= 4 is 21.8 Å². The molecule has 0 bridgehead atoms. The number of rotatable bonds is 10. The minimum Gasteiger partial charge on any atom is -0.493 e. The van der Waals surface area contributed by atoms with E-state index in [-0.39, 0.29) is 16.7 Å². The first-order valence-electron chi connectivity index (χ1n) is 8.87. The van der Waals surface area contributed by atoms with E-state index in [0.29, 0.717) is 35.7 Å². The molecule has 1 aromatic carbocycles. The van der Waals surface area contributed by atoms with Gasteiger partial charge in [-0.1, -0.05) is 0 Å². The summed E-state index contributed by atoms with van der Waals surface area (Å²) in [4.78, 5) is 11.5. The number of aromatic amines is 1. The summed E-state index contributed by atoms with van der Waals surface area (Å²) in [5, 5.41) is 0.238. The van der Waals surface area contributed by atoms with Crippen LogP contribution in [0.2, 0.25) is 0 Å². The molecule has 0 radical (unpaired) electrons. The summed E-state index contributed by atoms with van der Waals surface area (Å²) >= 11 is 0. The molecule has 1 N–H and O–H groups in total. The van der Waals surface area contributed by atoms with Gasteiger partial charge in [0.15, 0.2) is 5.16 Å². The van der Waals surface area contributed by atoms with Crippen LogP contribution in [0.5, 0.6) is 11.5 Å². The lowest BCUT2D eigenvalue weighted by Gasteiger charge is -2.11. The van der Waals surface area contributed by atoms with Gasteiger partial charge in [-0.15, -0.1) is 0 Å². The van der Waals surface area contributed by atoms with E-state index < -0.39 is 17.4 Å². The summed E-state index contributed by atoms with van der Waals surface area (Å²) in [7, 11) is 0.129. The Morgan fingerprint density at radius 1 is 1.24 bits per heavy atom. The standard InChI is InChI=1S/C19H21F2N3O4S/c1-12-16(22-7-6-17(12)27-9-3-8-26-2)11-29(25)19-23-14-5-4-13(28-18(20)21)10-15(14)24-19/h4-7,10,18H,3,8-9,11H2,1-2H3,(H,23,24)/t29-/m1/s1. The third-order valence-corrected chi connectivity index (χ3v) is 5.31. The van der Waals surface area contributed by atoms with Gasteiger partial charge in [0.25, 0.3) is 0 Å². The highest BCUT2D eigenvalue weighted by Gasteiger charge is 2.16. The number of hydrogen-bond acceptors (Lipinski definition) is 6. The van der Waals surface area contributed by atoms with Crippen molar-refractivity contribution in [2.24, 2.45) is 0 Å². The van der Waals surface area contributed by atoms with Gasteiger partial charge in [-0.2, -0.15) is 8.78 Å². The van der Waals surface area contributed by atoms with Gasteiger partial charge < -0.3 is 19.2 Å². The van der Waals surface area contributed by atoms with Crippen molar-refractivity contribution in [2.45, 2.75) is 30.9 Å². The SMILES string of the molecule is COCCCOc1ccnc(C[S@@](=O)c2nc3ccc(OC(F)F)cc3[nH]2)c1C. The lowest BCUT2D eigenvalue weighted by atomic mass is 10.2. The summed E-state index contributed by atoms with van der Waals surface area (Å²) < 4.78 is 52.6. The van der Waals surface area contributed by atoms with Crippen LogP contribution < -0.4 is 9.47 Å². The number of methoxy groups -OCH3 is 1. The van der Waals surface area contributed by atoms with Gasteiger partial charge in [-0.05, 0) is 25.1 Å². The van der Waals surface area contributed by atoms with Crippen molar-refractivity contribution < 1.29 is 27.2 Å². The molecule has 0 saturated carbocycles. The van der Waals surface area contributed by atoms with Crippen LogP contribution in [-0.4, -0.2) is 46.1 Å². The zero-order chi connectivity index (χ0) is 20.8. The highest BCUT2D eigenvalue weighted by Crippen LogP contribution is 2.24. The van der Waals surface area contributed by atoms with E-state index in [0.717, 1.165) is 12.0 Å². The third kappa shape index (κ3) is 5.48. The number of fused-ring (bicyclic) bond motifs is 1. The average Bonchev–Trinajstić information content (AvgIpc) is 3.11. The molecule has 0 spiro atoms. The van der Waals surface area contributed by atoms with Crippen molar-refractivity contribution in [1.82, 2.24) is 15.0 Å². The number of imidazole rings is 1. The molecule has 10 heteroatoms. The van der Waals surface area contributed by atoms with Crippen LogP contribution in [0.15, 0.2) is 35.6 Å². The minimum atomic E-state index is -2.91. The van der Waals surface area contributed by atoms with Crippen LogP contribution in [0.3, 0.4) is 0 Å². The maximum absolute atomic E-state index is 12.8. The second-order valence-corrected chi connectivity index (χ2v) is 7.53. The summed E-state index contributed by atoms with van der Waals surface area (Å²) in [6, 6.07) is 6.08. The lowest BCUT2D eigenvalue weighted by molar-refractivity contribution is -0.0497. The van der Waals surface area contributed by atoms with Crippen LogP contribution in [0.25, 0.3) is 11.0 Å². The molecule has 7 nitrogen and oxygen atoms in total. The molecule has 2 heterocycles. The molecule has 156 valence electrons. The van der Waals surface area contributed by atoms with Crippen LogP contribution in [0, 0.1) is 6.92 Å². The normalized spacial score (nSPS) is 12.4. The van der Waals surface area contributed by atoms with Crippen molar-refractivity contribution in [2.75, 3.05) is 20.3 Å². The quantitative estimate of drug-likeness (QED) is 0.500. The first-order valence-corrected chi connectivity index (χ1v) is 10.2. The molecule has 0 fully saturated rings. The summed E-state index contributed by atoms with van der Waals surface area (Å²) in [5.74, 6) is 0.826. The molecular formula is C19H21F2N3O4S. The zero-order valence-corrected chi connectivity index (χ0v) is 16.8. The van der Waals surface area contributed by atoms with Crippen molar-refractivity contribution in [3.8, 4) is 11.5 Å². The van der Waals surface area contributed by atoms with E-state index in [1.165, 1.54) is 18.2 Å². The molecule has 0 aliphatic heterocycles. The molecule has 1 atom stereocenters. The minimum absolute atomic E-state index is 0.00400. The summed E-state index contributed by atoms with van der Waals surface area (Å²) in [6.07, 6.45) is 2.37. The fraction of sp³-hybridized carbons (Fsp3) is 0.368. The van der Waals surface area contributed by atoms with Crippen LogP contribution in [0.1, 0.15) is 17.7 Å². The van der Waals surface area contributed by atoms with E-state index in [9.17, 15) is 13.0 Å². The first kappa shape index (κ1) is 21.1. The molecule has 2 aromatic heterocycles. The van der Waals surface area contributed by atoms with Gasteiger partial charge >= 0.3 is 6.61 Å². The number of nitrogens with zero attached hydrogens (tertiary/aromatic N) is 2. The Morgan fingerprint density at radius 2 is 2.07 bits per heavy atom. The Balaban J connectivity index is 1.72. The number of H-pyrrole nitrogens is 1. The van der Waals surface area contributed by atoms with Crippen LogP contribution in [0.4, 0.5) is 8.78 Å². The van der Waals surface area contributed by atoms with Crippen LogP contribution in [-0.2, 0) is 21.3 Å². The Kier molecular flexibility index (Phi) is 7.10. The van der Waals surface area contributed by atoms with E-state index in [1.807, 2.05) is 6.92 Å². The van der Waals surface area contributed by atoms with Crippen molar-refractivity contribution in [3.63, 3.8) is 0 Å². The van der Waals surface area contributed by atoms with Gasteiger partial charge in [0.1, 0.15) is 11.5 Å². The number of alkyl halides is 2. The van der Waals surface area contributed by atoms with Gasteiger partial charge in [-0.3, -0.25) is 9.19 Å². The smallest absolute Gasteiger partial charge is 0.387 e. The van der Waals surface area contributed by atoms with Gasteiger partial charge in [0.2, 0.25) is 0 Å². The Hall–Kier alpha value is -2.59. The third-order valence-electron chi connectivity index (χ3n) is 4.15. The maximum atomic E-state index is 12.8. The molecule has 3 rings (SSSR count). The van der Waals surface area contributed by atoms with Crippen LogP contribution >= 0.6 is 0 Å². The predicted molar refractivity (Wildman–Crippen MR) is 104 cm³/mol. The molecule has 0 aliphatic rings. The topological polar surface area (TPSA) is 86.3 Å². The maximum Gasteiger partial charge on any atom is 0.387 e. The highest BCUT2D eigenvalue weighted by atomic mass is 32.2. The lowest BCUT2D eigenvalue weighted by Crippen LogP contribution is -2.06. The van der Waals surface area contributed by atoms with Gasteiger partial charge in [-0.25, -0.2) is 4.98 Å².